The Kier molecular flexibility index (Phi) is 1.51. The molecule has 1 N–H and O–H groups in total. The average molecular weight is 179 g/mol. The fraction of sp³-hybridized carbons (Fsp3) is 0. The molecule has 0 radical (unpaired) electrons. The summed E-state index contributed by atoms with van der Waals surface area (Å²) in [7, 11) is 0. The van der Waals surface area contributed by atoms with Crippen molar-refractivity contribution in [1.29, 1.82) is 0 Å². The van der Waals surface area contributed by atoms with Gasteiger partial charge in [-0.15, -0.1) is 5.10 Å². The highest BCUT2D eigenvalue weighted by Gasteiger charge is 2.02. The molecule has 0 aliphatic rings. The highest BCUT2D eigenvalue weighted by atomic mass is 32.1. The molecule has 0 amide bonds. The van der Waals surface area contributed by atoms with E-state index in [2.05, 4.69) is 10.1 Å². The summed E-state index contributed by atoms with van der Waals surface area (Å²) < 4.78 is 0.198. The summed E-state index contributed by atoms with van der Waals surface area (Å²) in [6, 6.07) is 7.01. The molecule has 0 bridgehead atoms. The van der Waals surface area contributed by atoms with Crippen LogP contribution in [0.2, 0.25) is 0 Å². The molecule has 12 heavy (non-hydrogen) atoms. The molecule has 2 rings (SSSR count). The van der Waals surface area contributed by atoms with E-state index in [1.165, 1.54) is 0 Å². The fourth-order valence-electron chi connectivity index (χ4n) is 1.01. The third-order valence-electron chi connectivity index (χ3n) is 1.52. The van der Waals surface area contributed by atoms with Crippen molar-refractivity contribution in [2.75, 3.05) is 0 Å². The van der Waals surface area contributed by atoms with Crippen molar-refractivity contribution >= 4 is 23.3 Å². The normalized spacial score (nSPS) is 10.3. The van der Waals surface area contributed by atoms with Gasteiger partial charge in [0, 0.05) is 6.07 Å². The third-order valence-corrected chi connectivity index (χ3v) is 1.70. The molecule has 0 aliphatic heterocycles. The van der Waals surface area contributed by atoms with Crippen LogP contribution in [0.3, 0.4) is 0 Å². The molecule has 0 fully saturated rings. The van der Waals surface area contributed by atoms with E-state index in [0.29, 0.717) is 15.9 Å². The van der Waals surface area contributed by atoms with Crippen LogP contribution in [0.15, 0.2) is 24.3 Å². The summed E-state index contributed by atoms with van der Waals surface area (Å²) in [5.74, 6) is 0. The van der Waals surface area contributed by atoms with E-state index in [0.717, 1.165) is 0 Å². The summed E-state index contributed by atoms with van der Waals surface area (Å²) in [5.41, 5.74) is 1.10. The smallest absolute Gasteiger partial charge is 0.268 e. The summed E-state index contributed by atoms with van der Waals surface area (Å²) in [5, 5.41) is 13.5. The molecule has 60 valence electrons. The number of para-hydroxylation sites is 2. The Hall–Kier alpha value is -1.49. The van der Waals surface area contributed by atoms with Gasteiger partial charge in [0.05, 0.1) is 0 Å². The maximum Gasteiger partial charge on any atom is 0.268 e. The largest absolute Gasteiger partial charge is 0.595 e. The SMILES string of the molecule is [O-][n+]1[nH]c(=S)nc2ccccc21. The summed E-state index contributed by atoms with van der Waals surface area (Å²) in [4.78, 5) is 4.59. The first-order valence-corrected chi connectivity index (χ1v) is 3.77. The number of nitrogens with zero attached hydrogens (tertiary/aromatic N) is 2. The van der Waals surface area contributed by atoms with Gasteiger partial charge in [-0.05, 0) is 18.3 Å². The van der Waals surface area contributed by atoms with Crippen LogP contribution >= 0.6 is 12.2 Å². The second kappa shape index (κ2) is 2.53. The van der Waals surface area contributed by atoms with Crippen LogP contribution in [0, 0.1) is 9.98 Å². The Balaban J connectivity index is 2.99. The highest BCUT2D eigenvalue weighted by Crippen LogP contribution is 2.02. The lowest BCUT2D eigenvalue weighted by atomic mass is 10.3. The Morgan fingerprint density at radius 2 is 2.17 bits per heavy atom. The van der Waals surface area contributed by atoms with Gasteiger partial charge in [0.15, 0.2) is 0 Å². The summed E-state index contributed by atoms with van der Waals surface area (Å²) in [6.07, 6.45) is 0. The highest BCUT2D eigenvalue weighted by molar-refractivity contribution is 7.71. The molecular formula is C7H5N3OS. The van der Waals surface area contributed by atoms with Crippen molar-refractivity contribution in [1.82, 2.24) is 10.1 Å². The number of benzene rings is 1. The summed E-state index contributed by atoms with van der Waals surface area (Å²) >= 11 is 4.74. The molecule has 0 spiro atoms. The predicted molar refractivity (Wildman–Crippen MR) is 45.9 cm³/mol. The van der Waals surface area contributed by atoms with Gasteiger partial charge in [0.1, 0.15) is 5.52 Å². The van der Waals surface area contributed by atoms with Crippen LogP contribution in [0.1, 0.15) is 0 Å². The van der Waals surface area contributed by atoms with Crippen LogP contribution in [-0.4, -0.2) is 10.1 Å². The first-order chi connectivity index (χ1) is 5.77. The van der Waals surface area contributed by atoms with E-state index >= 15 is 0 Å². The Labute approximate surface area is 73.1 Å². The zero-order chi connectivity index (χ0) is 8.55. The number of nitrogens with one attached hydrogen (secondary N) is 1. The topological polar surface area (TPSA) is 55.6 Å². The first-order valence-electron chi connectivity index (χ1n) is 3.36. The number of hydrogen-bond donors (Lipinski definition) is 1. The lowest BCUT2D eigenvalue weighted by Gasteiger charge is -1.97. The standard InChI is InChI=1S/C7H5N3OS/c11-10-6-4-2-1-3-5(6)8-7(12)9-10/h1-4H,(H,8,9,12). The molecule has 0 saturated carbocycles. The van der Waals surface area contributed by atoms with Gasteiger partial charge in [-0.3, -0.25) is 0 Å². The van der Waals surface area contributed by atoms with E-state index < -0.39 is 0 Å². The molecule has 4 nitrogen and oxygen atoms in total. The van der Waals surface area contributed by atoms with E-state index in [4.69, 9.17) is 12.2 Å². The number of fused-ring (bicyclic) bond motifs is 1. The minimum absolute atomic E-state index is 0.198. The van der Waals surface area contributed by atoms with Crippen molar-refractivity contribution in [3.05, 3.63) is 34.2 Å². The molecule has 0 unspecified atom stereocenters. The molecular weight excluding hydrogens is 174 g/mol. The maximum atomic E-state index is 11.2. The number of H-pyrrole nitrogens is 1. The monoisotopic (exact) mass is 179 g/mol. The molecule has 1 heterocycles. The van der Waals surface area contributed by atoms with Crippen LogP contribution in [0.25, 0.3) is 11.0 Å². The van der Waals surface area contributed by atoms with Crippen molar-refractivity contribution in [3.8, 4) is 0 Å². The predicted octanol–water partition coefficient (Wildman–Crippen LogP) is 0.926. The molecule has 0 saturated heterocycles. The number of hydrogen-bond acceptors (Lipinski definition) is 3. The maximum absolute atomic E-state index is 11.2. The fourth-order valence-corrected chi connectivity index (χ4v) is 1.19. The molecule has 1 aromatic heterocycles. The molecule has 2 aromatic rings. The number of aromatic amines is 1. The van der Waals surface area contributed by atoms with Crippen LogP contribution in [0.5, 0.6) is 0 Å². The van der Waals surface area contributed by atoms with Gasteiger partial charge in [-0.1, -0.05) is 17.0 Å². The van der Waals surface area contributed by atoms with Crippen LogP contribution < -0.4 is 4.85 Å². The quantitative estimate of drug-likeness (QED) is 0.372. The van der Waals surface area contributed by atoms with Gasteiger partial charge in [0.2, 0.25) is 0 Å². The van der Waals surface area contributed by atoms with E-state index in [9.17, 15) is 5.21 Å². The van der Waals surface area contributed by atoms with E-state index in [1.54, 1.807) is 18.2 Å². The van der Waals surface area contributed by atoms with Crippen LogP contribution in [-0.2, 0) is 0 Å². The minimum atomic E-state index is 0.198. The zero-order valence-corrected chi connectivity index (χ0v) is 6.84. The first kappa shape index (κ1) is 7.17. The van der Waals surface area contributed by atoms with Gasteiger partial charge >= 0.3 is 0 Å². The lowest BCUT2D eigenvalue weighted by Crippen LogP contribution is -2.32. The van der Waals surface area contributed by atoms with Crippen molar-refractivity contribution in [3.63, 3.8) is 0 Å². The molecule has 0 aliphatic carbocycles. The third kappa shape index (κ3) is 1.04. The zero-order valence-electron chi connectivity index (χ0n) is 6.02. The van der Waals surface area contributed by atoms with Gasteiger partial charge in [0.25, 0.3) is 10.3 Å². The Morgan fingerprint density at radius 3 is 3.00 bits per heavy atom. The minimum Gasteiger partial charge on any atom is -0.595 e. The van der Waals surface area contributed by atoms with E-state index in [-0.39, 0.29) is 4.77 Å². The van der Waals surface area contributed by atoms with Crippen molar-refractivity contribution in [2.24, 2.45) is 0 Å². The van der Waals surface area contributed by atoms with Crippen LogP contribution in [0.4, 0.5) is 0 Å². The molecule has 1 aromatic carbocycles. The Bertz CT molecular complexity index is 479. The van der Waals surface area contributed by atoms with E-state index in [1.807, 2.05) is 6.07 Å². The lowest BCUT2D eigenvalue weighted by molar-refractivity contribution is -0.643. The average Bonchev–Trinajstić information content (AvgIpc) is 2.04. The second-order valence-corrected chi connectivity index (χ2v) is 2.70. The summed E-state index contributed by atoms with van der Waals surface area (Å²) in [6.45, 7) is 0. The van der Waals surface area contributed by atoms with Gasteiger partial charge in [-0.2, -0.15) is 0 Å². The number of rotatable bonds is 0. The Morgan fingerprint density at radius 1 is 1.42 bits per heavy atom. The van der Waals surface area contributed by atoms with Crippen molar-refractivity contribution < 1.29 is 4.85 Å². The molecule has 0 atom stereocenters. The van der Waals surface area contributed by atoms with Gasteiger partial charge in [-0.25, -0.2) is 4.98 Å². The number of aromatic nitrogens is 3. The second-order valence-electron chi connectivity index (χ2n) is 2.31. The van der Waals surface area contributed by atoms with Crippen molar-refractivity contribution in [2.45, 2.75) is 0 Å². The molecule has 5 heteroatoms. The van der Waals surface area contributed by atoms with Gasteiger partial charge < -0.3 is 5.21 Å².